The second kappa shape index (κ2) is 12.0. The maximum atomic E-state index is 13.5. The summed E-state index contributed by atoms with van der Waals surface area (Å²) in [6.07, 6.45) is 1.61. The Kier molecular flexibility index (Phi) is 9.61. The number of benzene rings is 2. The van der Waals surface area contributed by atoms with E-state index in [1.807, 2.05) is 6.92 Å². The summed E-state index contributed by atoms with van der Waals surface area (Å²) in [5.74, 6) is -1.06. The van der Waals surface area contributed by atoms with Crippen LogP contribution in [0.25, 0.3) is 0 Å². The van der Waals surface area contributed by atoms with Crippen molar-refractivity contribution in [3.05, 3.63) is 68.7 Å². The topological polar surface area (TPSA) is 130 Å². The van der Waals surface area contributed by atoms with Gasteiger partial charge in [-0.1, -0.05) is 42.8 Å². The zero-order valence-electron chi connectivity index (χ0n) is 20.0. The molecule has 2 aromatic rings. The number of aryl methyl sites for hydroxylation is 1. The summed E-state index contributed by atoms with van der Waals surface area (Å²) < 4.78 is 26.1. The number of amides is 2. The summed E-state index contributed by atoms with van der Waals surface area (Å²) in [5, 5.41) is 14.4. The van der Waals surface area contributed by atoms with Gasteiger partial charge in [-0.2, -0.15) is 0 Å². The number of non-ortho nitro benzene ring substituents is 1. The van der Waals surface area contributed by atoms with Crippen LogP contribution in [-0.4, -0.2) is 55.4 Å². The van der Waals surface area contributed by atoms with Crippen molar-refractivity contribution < 1.29 is 22.9 Å². The van der Waals surface area contributed by atoms with Crippen LogP contribution in [0.15, 0.2) is 42.5 Å². The molecule has 10 nitrogen and oxygen atoms in total. The van der Waals surface area contributed by atoms with Gasteiger partial charge >= 0.3 is 0 Å². The monoisotopic (exact) mass is 524 g/mol. The van der Waals surface area contributed by atoms with Crippen LogP contribution < -0.4 is 9.62 Å². The van der Waals surface area contributed by atoms with E-state index in [4.69, 9.17) is 11.6 Å². The van der Waals surface area contributed by atoms with Crippen LogP contribution in [0, 0.1) is 17.0 Å². The molecule has 35 heavy (non-hydrogen) atoms. The number of nitrogens with zero attached hydrogens (tertiary/aromatic N) is 3. The molecule has 0 aromatic heterocycles. The molecule has 0 saturated heterocycles. The molecule has 1 atom stereocenters. The van der Waals surface area contributed by atoms with Crippen molar-refractivity contribution in [1.29, 1.82) is 0 Å². The number of hydrogen-bond acceptors (Lipinski definition) is 6. The molecule has 0 aliphatic heterocycles. The summed E-state index contributed by atoms with van der Waals surface area (Å²) in [4.78, 5) is 38.1. The first kappa shape index (κ1) is 28.1. The molecular weight excluding hydrogens is 496 g/mol. The number of halogens is 1. The molecule has 0 radical (unpaired) electrons. The first-order chi connectivity index (χ1) is 16.4. The number of sulfonamides is 1. The normalized spacial score (nSPS) is 12.0. The summed E-state index contributed by atoms with van der Waals surface area (Å²) in [5.41, 5.74) is 0.707. The summed E-state index contributed by atoms with van der Waals surface area (Å²) >= 11 is 6.27. The fraction of sp³-hybridized carbons (Fsp3) is 0.391. The maximum Gasteiger partial charge on any atom is 0.271 e. The molecule has 0 unspecified atom stereocenters. The molecule has 1 N–H and O–H groups in total. The smallest absolute Gasteiger partial charge is 0.271 e. The second-order valence-electron chi connectivity index (χ2n) is 8.08. The van der Waals surface area contributed by atoms with Crippen LogP contribution >= 0.6 is 11.6 Å². The van der Waals surface area contributed by atoms with Gasteiger partial charge in [-0.25, -0.2) is 8.42 Å². The average molecular weight is 525 g/mol. The van der Waals surface area contributed by atoms with Crippen molar-refractivity contribution in [1.82, 2.24) is 10.2 Å². The number of anilines is 1. The lowest BCUT2D eigenvalue weighted by molar-refractivity contribution is -0.384. The highest BCUT2D eigenvalue weighted by molar-refractivity contribution is 7.92. The SMILES string of the molecule is CCCNC(=O)[C@@H](C)N(Cc1ccccc1Cl)C(=O)CN(c1cc([N+](=O)[O-])ccc1C)S(C)(=O)=O. The molecule has 0 saturated carbocycles. The van der Waals surface area contributed by atoms with Crippen LogP contribution in [0.1, 0.15) is 31.4 Å². The van der Waals surface area contributed by atoms with Gasteiger partial charge in [0.2, 0.25) is 21.8 Å². The summed E-state index contributed by atoms with van der Waals surface area (Å²) in [7, 11) is -4.02. The van der Waals surface area contributed by atoms with E-state index in [0.717, 1.165) is 16.6 Å². The molecule has 2 aromatic carbocycles. The first-order valence-electron chi connectivity index (χ1n) is 10.9. The molecule has 0 aliphatic carbocycles. The zero-order valence-corrected chi connectivity index (χ0v) is 21.6. The second-order valence-corrected chi connectivity index (χ2v) is 10.4. The third-order valence-electron chi connectivity index (χ3n) is 5.37. The molecule has 190 valence electrons. The minimum absolute atomic E-state index is 0.0100. The van der Waals surface area contributed by atoms with Crippen LogP contribution in [0.5, 0.6) is 0 Å². The third-order valence-corrected chi connectivity index (χ3v) is 6.86. The van der Waals surface area contributed by atoms with Crippen molar-refractivity contribution in [3.8, 4) is 0 Å². The maximum absolute atomic E-state index is 13.5. The number of nitro benzene ring substituents is 1. The van der Waals surface area contributed by atoms with Gasteiger partial charge in [0.1, 0.15) is 12.6 Å². The van der Waals surface area contributed by atoms with Gasteiger partial charge in [0.15, 0.2) is 0 Å². The average Bonchev–Trinajstić information content (AvgIpc) is 2.79. The van der Waals surface area contributed by atoms with Crippen molar-refractivity contribution in [2.24, 2.45) is 0 Å². The molecule has 2 amide bonds. The molecular formula is C23H29ClN4O6S. The molecule has 12 heteroatoms. The van der Waals surface area contributed by atoms with Gasteiger partial charge in [0.25, 0.3) is 5.69 Å². The molecule has 0 bridgehead atoms. The minimum Gasteiger partial charge on any atom is -0.354 e. The quantitative estimate of drug-likeness (QED) is 0.354. The lowest BCUT2D eigenvalue weighted by Gasteiger charge is -2.32. The Hall–Kier alpha value is -3.18. The fourth-order valence-electron chi connectivity index (χ4n) is 3.36. The first-order valence-corrected chi connectivity index (χ1v) is 13.1. The highest BCUT2D eigenvalue weighted by Crippen LogP contribution is 2.28. The third kappa shape index (κ3) is 7.40. The lowest BCUT2D eigenvalue weighted by Crippen LogP contribution is -2.51. The number of carbonyl (C=O) groups is 2. The standard InChI is InChI=1S/C23H29ClN4O6S/c1-5-12-25-23(30)17(3)26(14-18-8-6-7-9-20(18)24)22(29)15-27(35(4,33)34)21-13-19(28(31)32)11-10-16(21)2/h6-11,13,17H,5,12,14-15H2,1-4H3,(H,25,30)/t17-/m1/s1. The summed E-state index contributed by atoms with van der Waals surface area (Å²) in [6.45, 7) is 4.75. The van der Waals surface area contributed by atoms with Crippen molar-refractivity contribution >= 4 is 44.8 Å². The molecule has 2 rings (SSSR count). The number of nitro groups is 1. The Bertz CT molecular complexity index is 1200. The molecule has 0 aliphatic rings. The highest BCUT2D eigenvalue weighted by Gasteiger charge is 2.31. The van der Waals surface area contributed by atoms with Gasteiger partial charge in [0, 0.05) is 30.2 Å². The van der Waals surface area contributed by atoms with Crippen LogP contribution in [0.3, 0.4) is 0 Å². The van der Waals surface area contributed by atoms with Gasteiger partial charge in [-0.3, -0.25) is 24.0 Å². The Morgan fingerprint density at radius 1 is 1.20 bits per heavy atom. The molecule has 0 fully saturated rings. The summed E-state index contributed by atoms with van der Waals surface area (Å²) in [6, 6.07) is 9.67. The van der Waals surface area contributed by atoms with Crippen molar-refractivity contribution in [2.75, 3.05) is 23.7 Å². The van der Waals surface area contributed by atoms with Gasteiger partial charge < -0.3 is 10.2 Å². The molecule has 0 spiro atoms. The predicted molar refractivity (Wildman–Crippen MR) is 135 cm³/mol. The van der Waals surface area contributed by atoms with E-state index in [1.165, 1.54) is 17.0 Å². The number of carbonyl (C=O) groups excluding carboxylic acids is 2. The Morgan fingerprint density at radius 2 is 1.86 bits per heavy atom. The minimum atomic E-state index is -4.02. The van der Waals surface area contributed by atoms with E-state index in [2.05, 4.69) is 5.32 Å². The van der Waals surface area contributed by atoms with Gasteiger partial charge in [-0.15, -0.1) is 0 Å². The van der Waals surface area contributed by atoms with E-state index in [-0.39, 0.29) is 17.9 Å². The van der Waals surface area contributed by atoms with Gasteiger partial charge in [0.05, 0.1) is 16.9 Å². The van der Waals surface area contributed by atoms with E-state index >= 15 is 0 Å². The van der Waals surface area contributed by atoms with E-state index < -0.39 is 39.3 Å². The fourth-order valence-corrected chi connectivity index (χ4v) is 4.46. The number of nitrogens with one attached hydrogen (secondary N) is 1. The predicted octanol–water partition coefficient (Wildman–Crippen LogP) is 3.27. The van der Waals surface area contributed by atoms with Crippen molar-refractivity contribution in [3.63, 3.8) is 0 Å². The number of hydrogen-bond donors (Lipinski definition) is 1. The van der Waals surface area contributed by atoms with Gasteiger partial charge in [-0.05, 0) is 37.5 Å². The number of rotatable bonds is 11. The van der Waals surface area contributed by atoms with Crippen LogP contribution in [0.2, 0.25) is 5.02 Å². The van der Waals surface area contributed by atoms with E-state index in [9.17, 15) is 28.1 Å². The van der Waals surface area contributed by atoms with E-state index in [1.54, 1.807) is 38.1 Å². The Balaban J connectivity index is 2.48. The lowest BCUT2D eigenvalue weighted by atomic mass is 10.1. The Labute approximate surface area is 210 Å². The van der Waals surface area contributed by atoms with Crippen LogP contribution in [0.4, 0.5) is 11.4 Å². The largest absolute Gasteiger partial charge is 0.354 e. The zero-order chi connectivity index (χ0) is 26.3. The Morgan fingerprint density at radius 3 is 2.43 bits per heavy atom. The van der Waals surface area contributed by atoms with E-state index in [0.29, 0.717) is 29.1 Å². The molecule has 0 heterocycles. The highest BCUT2D eigenvalue weighted by atomic mass is 35.5. The van der Waals surface area contributed by atoms with Crippen LogP contribution in [-0.2, 0) is 26.2 Å². The van der Waals surface area contributed by atoms with Crippen molar-refractivity contribution in [2.45, 2.75) is 39.8 Å².